The van der Waals surface area contributed by atoms with Crippen molar-refractivity contribution in [2.24, 2.45) is 5.92 Å². The fraction of sp³-hybridized carbons (Fsp3) is 0.538. The molecule has 16 heavy (non-hydrogen) atoms. The van der Waals surface area contributed by atoms with Gasteiger partial charge >= 0.3 is 0 Å². The van der Waals surface area contributed by atoms with Gasteiger partial charge in [0.2, 0.25) is 0 Å². The fourth-order valence-corrected chi connectivity index (χ4v) is 2.99. The molecule has 0 aliphatic carbocycles. The quantitative estimate of drug-likeness (QED) is 0.875. The summed E-state index contributed by atoms with van der Waals surface area (Å²) in [5.41, 5.74) is 2.02. The van der Waals surface area contributed by atoms with E-state index in [2.05, 4.69) is 21.2 Å². The molecule has 1 heterocycles. The van der Waals surface area contributed by atoms with E-state index in [0.717, 1.165) is 35.1 Å². The predicted molar refractivity (Wildman–Crippen MR) is 69.8 cm³/mol. The summed E-state index contributed by atoms with van der Waals surface area (Å²) in [5.74, 6) is 1.13. The van der Waals surface area contributed by atoms with Gasteiger partial charge in [0.1, 0.15) is 5.75 Å². The number of phenols is 1. The summed E-state index contributed by atoms with van der Waals surface area (Å²) in [7, 11) is 0. The molecule has 1 atom stereocenters. The summed E-state index contributed by atoms with van der Waals surface area (Å²) in [6.07, 6.45) is 3.48. The van der Waals surface area contributed by atoms with Crippen LogP contribution in [0.2, 0.25) is 0 Å². The van der Waals surface area contributed by atoms with Gasteiger partial charge in [0.05, 0.1) is 0 Å². The zero-order valence-corrected chi connectivity index (χ0v) is 11.2. The van der Waals surface area contributed by atoms with Gasteiger partial charge in [-0.3, -0.25) is 0 Å². The van der Waals surface area contributed by atoms with Crippen LogP contribution in [0.25, 0.3) is 0 Å². The topological polar surface area (TPSA) is 32.3 Å². The van der Waals surface area contributed by atoms with Crippen molar-refractivity contribution in [1.29, 1.82) is 0 Å². The van der Waals surface area contributed by atoms with Gasteiger partial charge in [-0.05, 0) is 68.5 Å². The van der Waals surface area contributed by atoms with E-state index in [9.17, 15) is 5.11 Å². The molecule has 2 rings (SSSR count). The number of hydrogen-bond acceptors (Lipinski definition) is 2. The first-order valence-corrected chi connectivity index (χ1v) is 6.65. The number of aryl methyl sites for hydroxylation is 1. The number of rotatable bonds is 2. The third-order valence-electron chi connectivity index (χ3n) is 3.25. The minimum atomic E-state index is 0.466. The van der Waals surface area contributed by atoms with Gasteiger partial charge < -0.3 is 10.4 Å². The lowest BCUT2D eigenvalue weighted by molar-refractivity contribution is 0.369. The molecule has 2 N–H and O–H groups in total. The molecule has 0 radical (unpaired) electrons. The summed E-state index contributed by atoms with van der Waals surface area (Å²) in [6.45, 7) is 4.16. The molecule has 0 bridgehead atoms. The number of aromatic hydroxyl groups is 1. The highest BCUT2D eigenvalue weighted by atomic mass is 79.9. The molecular weight excluding hydrogens is 266 g/mol. The normalized spacial score (nSPS) is 21.0. The van der Waals surface area contributed by atoms with E-state index in [4.69, 9.17) is 0 Å². The molecule has 1 saturated heterocycles. The smallest absolute Gasteiger partial charge is 0.121 e. The van der Waals surface area contributed by atoms with Gasteiger partial charge in [-0.25, -0.2) is 0 Å². The first-order valence-electron chi connectivity index (χ1n) is 5.85. The molecule has 1 fully saturated rings. The van der Waals surface area contributed by atoms with Crippen LogP contribution in [-0.2, 0) is 6.42 Å². The standard InChI is InChI=1S/C13H18BrNO/c1-9-5-12(14)7-11(13(9)16)6-10-3-2-4-15-8-10/h5,7,10,15-16H,2-4,6,8H2,1H3. The van der Waals surface area contributed by atoms with E-state index >= 15 is 0 Å². The van der Waals surface area contributed by atoms with Crippen LogP contribution in [0, 0.1) is 12.8 Å². The van der Waals surface area contributed by atoms with Crippen LogP contribution in [0.15, 0.2) is 16.6 Å². The Bertz CT molecular complexity index is 372. The second kappa shape index (κ2) is 5.19. The molecule has 0 aromatic heterocycles. The van der Waals surface area contributed by atoms with Crippen molar-refractivity contribution >= 4 is 15.9 Å². The molecule has 88 valence electrons. The molecule has 1 aromatic rings. The zero-order valence-electron chi connectivity index (χ0n) is 9.59. The minimum Gasteiger partial charge on any atom is -0.507 e. The summed E-state index contributed by atoms with van der Waals surface area (Å²) in [6, 6.07) is 3.99. The third kappa shape index (κ3) is 2.77. The van der Waals surface area contributed by atoms with Crippen molar-refractivity contribution in [3.05, 3.63) is 27.7 Å². The lowest BCUT2D eigenvalue weighted by Crippen LogP contribution is -2.30. The van der Waals surface area contributed by atoms with Crippen LogP contribution in [0.4, 0.5) is 0 Å². The predicted octanol–water partition coefficient (Wildman–Crippen LogP) is 3.01. The van der Waals surface area contributed by atoms with E-state index in [1.54, 1.807) is 0 Å². The number of halogens is 1. The zero-order chi connectivity index (χ0) is 11.5. The van der Waals surface area contributed by atoms with Gasteiger partial charge in [0, 0.05) is 4.47 Å². The van der Waals surface area contributed by atoms with E-state index in [-0.39, 0.29) is 0 Å². The molecule has 2 nitrogen and oxygen atoms in total. The van der Waals surface area contributed by atoms with E-state index in [0.29, 0.717) is 11.7 Å². The fourth-order valence-electron chi connectivity index (χ4n) is 2.37. The molecule has 1 aromatic carbocycles. The first kappa shape index (κ1) is 11.9. The van der Waals surface area contributed by atoms with E-state index in [1.807, 2.05) is 19.1 Å². The SMILES string of the molecule is Cc1cc(Br)cc(CC2CCCNC2)c1O. The number of phenolic OH excluding ortho intramolecular Hbond substituents is 1. The van der Waals surface area contributed by atoms with Gasteiger partial charge in [0.25, 0.3) is 0 Å². The lowest BCUT2D eigenvalue weighted by atomic mass is 9.91. The maximum atomic E-state index is 10.0. The third-order valence-corrected chi connectivity index (χ3v) is 3.71. The van der Waals surface area contributed by atoms with Crippen molar-refractivity contribution in [2.45, 2.75) is 26.2 Å². The Labute approximate surface area is 105 Å². The molecule has 1 aliphatic heterocycles. The lowest BCUT2D eigenvalue weighted by Gasteiger charge is -2.23. The number of benzene rings is 1. The average molecular weight is 284 g/mol. The van der Waals surface area contributed by atoms with Crippen molar-refractivity contribution in [2.75, 3.05) is 13.1 Å². The van der Waals surface area contributed by atoms with Crippen molar-refractivity contribution in [3.8, 4) is 5.75 Å². The van der Waals surface area contributed by atoms with Crippen LogP contribution >= 0.6 is 15.9 Å². The number of piperidine rings is 1. The van der Waals surface area contributed by atoms with Crippen LogP contribution in [-0.4, -0.2) is 18.2 Å². The molecule has 0 saturated carbocycles. The summed E-state index contributed by atoms with van der Waals surface area (Å²) in [5, 5.41) is 13.4. The Balaban J connectivity index is 2.13. The molecule has 1 aliphatic rings. The van der Waals surface area contributed by atoms with Crippen molar-refractivity contribution in [3.63, 3.8) is 0 Å². The Hall–Kier alpha value is -0.540. The monoisotopic (exact) mass is 283 g/mol. The summed E-state index contributed by atoms with van der Waals surface area (Å²) < 4.78 is 1.06. The van der Waals surface area contributed by atoms with Crippen molar-refractivity contribution in [1.82, 2.24) is 5.32 Å². The van der Waals surface area contributed by atoms with Crippen LogP contribution in [0.5, 0.6) is 5.75 Å². The second-order valence-electron chi connectivity index (χ2n) is 4.65. The first-order chi connectivity index (χ1) is 7.66. The van der Waals surface area contributed by atoms with E-state index in [1.165, 1.54) is 12.8 Å². The Morgan fingerprint density at radius 3 is 3.00 bits per heavy atom. The van der Waals surface area contributed by atoms with Crippen LogP contribution in [0.3, 0.4) is 0 Å². The number of nitrogens with one attached hydrogen (secondary N) is 1. The molecule has 1 unspecified atom stereocenters. The van der Waals surface area contributed by atoms with Crippen LogP contribution < -0.4 is 5.32 Å². The van der Waals surface area contributed by atoms with Gasteiger partial charge in [0.15, 0.2) is 0 Å². The number of hydrogen-bond donors (Lipinski definition) is 2. The van der Waals surface area contributed by atoms with Crippen molar-refractivity contribution < 1.29 is 5.11 Å². The van der Waals surface area contributed by atoms with Gasteiger partial charge in [-0.1, -0.05) is 15.9 Å². The highest BCUT2D eigenvalue weighted by Crippen LogP contribution is 2.29. The molecule has 0 amide bonds. The van der Waals surface area contributed by atoms with Gasteiger partial charge in [-0.15, -0.1) is 0 Å². The van der Waals surface area contributed by atoms with Crippen LogP contribution in [0.1, 0.15) is 24.0 Å². The highest BCUT2D eigenvalue weighted by molar-refractivity contribution is 9.10. The maximum absolute atomic E-state index is 10.0. The van der Waals surface area contributed by atoms with E-state index < -0.39 is 0 Å². The maximum Gasteiger partial charge on any atom is 0.121 e. The molecule has 0 spiro atoms. The Morgan fingerprint density at radius 2 is 2.31 bits per heavy atom. The minimum absolute atomic E-state index is 0.466. The molecular formula is C13H18BrNO. The summed E-state index contributed by atoms with van der Waals surface area (Å²) in [4.78, 5) is 0. The van der Waals surface area contributed by atoms with Gasteiger partial charge in [-0.2, -0.15) is 0 Å². The Morgan fingerprint density at radius 1 is 1.50 bits per heavy atom. The Kier molecular flexibility index (Phi) is 3.87. The second-order valence-corrected chi connectivity index (χ2v) is 5.56. The average Bonchev–Trinajstić information content (AvgIpc) is 2.27. The largest absolute Gasteiger partial charge is 0.507 e. The highest BCUT2D eigenvalue weighted by Gasteiger charge is 2.16. The summed E-state index contributed by atoms with van der Waals surface area (Å²) >= 11 is 3.49. The molecule has 3 heteroatoms.